The van der Waals surface area contributed by atoms with E-state index in [4.69, 9.17) is 11.6 Å². The number of hydrogen-bond acceptors (Lipinski definition) is 4. The Morgan fingerprint density at radius 3 is 2.90 bits per heavy atom. The van der Waals surface area contributed by atoms with Gasteiger partial charge in [-0.3, -0.25) is 14.7 Å². The minimum atomic E-state index is 0.274. The summed E-state index contributed by atoms with van der Waals surface area (Å²) >= 11 is 6.41. The first-order chi connectivity index (χ1) is 10.1. The van der Waals surface area contributed by atoms with Gasteiger partial charge >= 0.3 is 0 Å². The molecular formula is C14H21ClN6. The summed E-state index contributed by atoms with van der Waals surface area (Å²) in [6.07, 6.45) is 3.16. The molecular weight excluding hydrogens is 288 g/mol. The highest BCUT2D eigenvalue weighted by Gasteiger charge is 2.30. The van der Waals surface area contributed by atoms with Crippen molar-refractivity contribution in [1.82, 2.24) is 29.9 Å². The molecule has 3 rings (SSSR count). The summed E-state index contributed by atoms with van der Waals surface area (Å²) in [5.74, 6) is 1.76. The maximum absolute atomic E-state index is 6.41. The molecule has 1 fully saturated rings. The minimum absolute atomic E-state index is 0.274. The molecule has 0 bridgehead atoms. The minimum Gasteiger partial charge on any atom is -0.289 e. The second-order valence-electron chi connectivity index (χ2n) is 5.60. The maximum atomic E-state index is 6.41. The van der Waals surface area contributed by atoms with Crippen LogP contribution in [0.1, 0.15) is 48.7 Å². The topological polar surface area (TPSA) is 62.6 Å². The van der Waals surface area contributed by atoms with E-state index in [-0.39, 0.29) is 6.04 Å². The van der Waals surface area contributed by atoms with E-state index in [1.165, 1.54) is 0 Å². The van der Waals surface area contributed by atoms with Crippen molar-refractivity contribution in [2.45, 2.75) is 45.7 Å². The third-order valence-corrected chi connectivity index (χ3v) is 4.60. The number of halogens is 1. The zero-order valence-corrected chi connectivity index (χ0v) is 13.5. The molecule has 0 aromatic carbocycles. The SMILES string of the molecule is CCc1nn(C)c(Cl)c1CN1CCCC1c1n[nH]c(C)n1. The van der Waals surface area contributed by atoms with Crippen molar-refractivity contribution in [2.75, 3.05) is 6.54 Å². The second kappa shape index (κ2) is 5.77. The van der Waals surface area contributed by atoms with Gasteiger partial charge in [-0.2, -0.15) is 10.2 Å². The zero-order valence-electron chi connectivity index (χ0n) is 12.7. The molecule has 7 heteroatoms. The van der Waals surface area contributed by atoms with Crippen LogP contribution in [0.3, 0.4) is 0 Å². The summed E-state index contributed by atoms with van der Waals surface area (Å²) in [7, 11) is 1.89. The van der Waals surface area contributed by atoms with E-state index in [0.29, 0.717) is 0 Å². The van der Waals surface area contributed by atoms with Crippen molar-refractivity contribution >= 4 is 11.6 Å². The van der Waals surface area contributed by atoms with Crippen molar-refractivity contribution in [3.05, 3.63) is 28.1 Å². The molecule has 21 heavy (non-hydrogen) atoms. The predicted molar refractivity (Wildman–Crippen MR) is 81.1 cm³/mol. The van der Waals surface area contributed by atoms with Crippen LogP contribution in [0.4, 0.5) is 0 Å². The fourth-order valence-corrected chi connectivity index (χ4v) is 3.27. The van der Waals surface area contributed by atoms with E-state index in [2.05, 4.69) is 32.1 Å². The van der Waals surface area contributed by atoms with Gasteiger partial charge in [0.1, 0.15) is 11.0 Å². The summed E-state index contributed by atoms with van der Waals surface area (Å²) in [6, 6.07) is 0.274. The molecule has 1 aliphatic rings. The smallest absolute Gasteiger partial charge is 0.167 e. The van der Waals surface area contributed by atoms with Gasteiger partial charge < -0.3 is 0 Å². The van der Waals surface area contributed by atoms with Crippen LogP contribution in [0.5, 0.6) is 0 Å². The van der Waals surface area contributed by atoms with Crippen LogP contribution in [0.2, 0.25) is 5.15 Å². The van der Waals surface area contributed by atoms with Crippen LogP contribution in [0.25, 0.3) is 0 Å². The highest BCUT2D eigenvalue weighted by Crippen LogP contribution is 2.33. The summed E-state index contributed by atoms with van der Waals surface area (Å²) < 4.78 is 1.76. The van der Waals surface area contributed by atoms with Gasteiger partial charge in [0, 0.05) is 19.2 Å². The lowest BCUT2D eigenvalue weighted by atomic mass is 10.1. The Kier molecular flexibility index (Phi) is 3.99. The van der Waals surface area contributed by atoms with Crippen molar-refractivity contribution in [3.63, 3.8) is 0 Å². The quantitative estimate of drug-likeness (QED) is 0.942. The van der Waals surface area contributed by atoms with Crippen LogP contribution in [-0.4, -0.2) is 36.4 Å². The first kappa shape index (κ1) is 14.5. The van der Waals surface area contributed by atoms with Gasteiger partial charge in [-0.15, -0.1) is 0 Å². The van der Waals surface area contributed by atoms with Crippen molar-refractivity contribution in [3.8, 4) is 0 Å². The summed E-state index contributed by atoms with van der Waals surface area (Å²) in [5, 5.41) is 12.5. The van der Waals surface area contributed by atoms with Crippen LogP contribution >= 0.6 is 11.6 Å². The lowest BCUT2D eigenvalue weighted by Crippen LogP contribution is -2.24. The Morgan fingerprint density at radius 1 is 1.43 bits per heavy atom. The molecule has 114 valence electrons. The van der Waals surface area contributed by atoms with Gasteiger partial charge in [-0.05, 0) is 32.7 Å². The highest BCUT2D eigenvalue weighted by molar-refractivity contribution is 6.30. The fourth-order valence-electron chi connectivity index (χ4n) is 3.06. The van der Waals surface area contributed by atoms with E-state index in [1.54, 1.807) is 4.68 Å². The number of aromatic amines is 1. The first-order valence-electron chi connectivity index (χ1n) is 7.43. The number of nitrogens with one attached hydrogen (secondary N) is 1. The molecule has 0 aliphatic carbocycles. The lowest BCUT2D eigenvalue weighted by molar-refractivity contribution is 0.239. The number of H-pyrrole nitrogens is 1. The molecule has 2 aromatic heterocycles. The predicted octanol–water partition coefficient (Wildman–Crippen LogP) is 2.40. The molecule has 0 saturated carbocycles. The van der Waals surface area contributed by atoms with Crippen molar-refractivity contribution < 1.29 is 0 Å². The van der Waals surface area contributed by atoms with E-state index in [1.807, 2.05) is 14.0 Å². The fraction of sp³-hybridized carbons (Fsp3) is 0.643. The molecule has 2 aromatic rings. The number of likely N-dealkylation sites (tertiary alicyclic amines) is 1. The summed E-state index contributed by atoms with van der Waals surface area (Å²) in [6.45, 7) is 5.91. The van der Waals surface area contributed by atoms with Crippen LogP contribution in [-0.2, 0) is 20.0 Å². The standard InChI is InChI=1S/C14H21ClN6/c1-4-11-10(13(15)20(3)19-11)8-21-7-5-6-12(21)14-16-9(2)17-18-14/h12H,4-8H2,1-3H3,(H,16,17,18). The van der Waals surface area contributed by atoms with E-state index in [9.17, 15) is 0 Å². The van der Waals surface area contributed by atoms with Crippen molar-refractivity contribution in [1.29, 1.82) is 0 Å². The van der Waals surface area contributed by atoms with Gasteiger partial charge in [0.05, 0.1) is 11.7 Å². The van der Waals surface area contributed by atoms with Crippen molar-refractivity contribution in [2.24, 2.45) is 7.05 Å². The molecule has 0 spiro atoms. The molecule has 1 aliphatic heterocycles. The Bertz CT molecular complexity index is 631. The van der Waals surface area contributed by atoms with Crippen LogP contribution in [0.15, 0.2) is 0 Å². The van der Waals surface area contributed by atoms with Gasteiger partial charge in [0.25, 0.3) is 0 Å². The number of hydrogen-bond donors (Lipinski definition) is 1. The van der Waals surface area contributed by atoms with Gasteiger partial charge in [-0.1, -0.05) is 18.5 Å². The Morgan fingerprint density at radius 2 is 2.24 bits per heavy atom. The number of aromatic nitrogens is 5. The molecule has 1 saturated heterocycles. The summed E-state index contributed by atoms with van der Waals surface area (Å²) in [5.41, 5.74) is 2.22. The van der Waals surface area contributed by atoms with Gasteiger partial charge in [0.15, 0.2) is 5.82 Å². The Labute approximate surface area is 129 Å². The van der Waals surface area contributed by atoms with Gasteiger partial charge in [-0.25, -0.2) is 4.98 Å². The largest absolute Gasteiger partial charge is 0.289 e. The highest BCUT2D eigenvalue weighted by atomic mass is 35.5. The van der Waals surface area contributed by atoms with E-state index < -0.39 is 0 Å². The average molecular weight is 309 g/mol. The van der Waals surface area contributed by atoms with Crippen LogP contribution < -0.4 is 0 Å². The maximum Gasteiger partial charge on any atom is 0.167 e. The molecule has 3 heterocycles. The summed E-state index contributed by atoms with van der Waals surface area (Å²) in [4.78, 5) is 6.90. The van der Waals surface area contributed by atoms with E-state index >= 15 is 0 Å². The van der Waals surface area contributed by atoms with E-state index in [0.717, 1.165) is 60.4 Å². The average Bonchev–Trinajstić information content (AvgIpc) is 3.15. The molecule has 1 unspecified atom stereocenters. The molecule has 1 N–H and O–H groups in total. The first-order valence-corrected chi connectivity index (χ1v) is 7.81. The number of aryl methyl sites for hydroxylation is 3. The number of nitrogens with zero attached hydrogens (tertiary/aromatic N) is 5. The van der Waals surface area contributed by atoms with Gasteiger partial charge in [0.2, 0.25) is 0 Å². The third kappa shape index (κ3) is 2.70. The Hall–Kier alpha value is -1.40. The number of rotatable bonds is 4. The second-order valence-corrected chi connectivity index (χ2v) is 5.96. The molecule has 0 radical (unpaired) electrons. The molecule has 6 nitrogen and oxygen atoms in total. The normalized spacial score (nSPS) is 19.5. The monoisotopic (exact) mass is 308 g/mol. The molecule has 1 atom stereocenters. The molecule has 0 amide bonds. The zero-order chi connectivity index (χ0) is 15.0. The van der Waals surface area contributed by atoms with Crippen LogP contribution in [0, 0.1) is 6.92 Å². The lowest BCUT2D eigenvalue weighted by Gasteiger charge is -2.22. The third-order valence-electron chi connectivity index (χ3n) is 4.12. The Balaban J connectivity index is 1.84.